The molecule has 0 bridgehead atoms. The first-order chi connectivity index (χ1) is 9.02. The summed E-state index contributed by atoms with van der Waals surface area (Å²) in [5.74, 6) is 0. The molecule has 0 unspecified atom stereocenters. The monoisotopic (exact) mass is 298 g/mol. The van der Waals surface area contributed by atoms with Gasteiger partial charge in [-0.3, -0.25) is 14.3 Å². The molecule has 0 spiro atoms. The van der Waals surface area contributed by atoms with Crippen LogP contribution in [0.5, 0.6) is 0 Å². The molecule has 6 heteroatoms. The minimum Gasteiger partial charge on any atom is -0.297 e. The highest BCUT2D eigenvalue weighted by molar-refractivity contribution is 7.11. The van der Waals surface area contributed by atoms with E-state index in [2.05, 4.69) is 4.98 Å². The smallest absolute Gasteiger partial charge is 0.297 e. The van der Waals surface area contributed by atoms with E-state index in [0.29, 0.717) is 18.5 Å². The van der Waals surface area contributed by atoms with E-state index in [1.807, 2.05) is 26.0 Å². The van der Waals surface area contributed by atoms with Gasteiger partial charge in [-0.05, 0) is 25.5 Å². The first kappa shape index (κ1) is 14.1. The van der Waals surface area contributed by atoms with Gasteiger partial charge in [-0.1, -0.05) is 24.9 Å². The van der Waals surface area contributed by atoms with Crippen LogP contribution in [0.3, 0.4) is 0 Å². The molecule has 2 heterocycles. The van der Waals surface area contributed by atoms with E-state index in [-0.39, 0.29) is 10.7 Å². The van der Waals surface area contributed by atoms with Crippen molar-refractivity contribution in [3.8, 4) is 0 Å². The molecule has 0 aliphatic rings. The molecule has 0 saturated carbocycles. The number of aromatic nitrogens is 2. The Morgan fingerprint density at radius 1 is 1.37 bits per heavy atom. The quantitative estimate of drug-likeness (QED) is 0.882. The normalized spacial score (nSPS) is 10.9. The molecule has 2 aromatic heterocycles. The number of hydrogen-bond donors (Lipinski definition) is 1. The van der Waals surface area contributed by atoms with E-state index in [1.165, 1.54) is 4.57 Å². The predicted molar refractivity (Wildman–Crippen MR) is 78.5 cm³/mol. The second kappa shape index (κ2) is 5.75. The first-order valence-electron chi connectivity index (χ1n) is 6.09. The number of aryl methyl sites for hydroxylation is 1. The molecule has 0 aliphatic heterocycles. The molecule has 0 aliphatic carbocycles. The lowest BCUT2D eigenvalue weighted by molar-refractivity contribution is 0.687. The SMILES string of the molecule is CCCc1c(Cl)[nH]c(=O)n(Cc2ccc(C)s2)c1=O. The third-order valence-corrected chi connectivity index (χ3v) is 4.15. The van der Waals surface area contributed by atoms with Crippen molar-refractivity contribution < 1.29 is 0 Å². The van der Waals surface area contributed by atoms with Crippen LogP contribution in [-0.4, -0.2) is 9.55 Å². The highest BCUT2D eigenvalue weighted by Crippen LogP contribution is 2.15. The van der Waals surface area contributed by atoms with Crippen LogP contribution >= 0.6 is 22.9 Å². The van der Waals surface area contributed by atoms with Gasteiger partial charge in [0.25, 0.3) is 5.56 Å². The van der Waals surface area contributed by atoms with E-state index in [1.54, 1.807) is 11.3 Å². The molecule has 4 nitrogen and oxygen atoms in total. The van der Waals surface area contributed by atoms with Crippen LogP contribution in [0.2, 0.25) is 5.15 Å². The van der Waals surface area contributed by atoms with Gasteiger partial charge in [0.1, 0.15) is 5.15 Å². The molecule has 2 aromatic rings. The van der Waals surface area contributed by atoms with Crippen molar-refractivity contribution in [1.82, 2.24) is 9.55 Å². The van der Waals surface area contributed by atoms with Crippen molar-refractivity contribution in [3.63, 3.8) is 0 Å². The molecule has 0 radical (unpaired) electrons. The fourth-order valence-corrected chi connectivity index (χ4v) is 3.06. The number of hydrogen-bond acceptors (Lipinski definition) is 3. The molecule has 1 N–H and O–H groups in total. The van der Waals surface area contributed by atoms with Gasteiger partial charge in [-0.25, -0.2) is 4.79 Å². The molecular formula is C13H15ClN2O2S. The number of rotatable bonds is 4. The summed E-state index contributed by atoms with van der Waals surface area (Å²) in [6, 6.07) is 3.90. The Kier molecular flexibility index (Phi) is 4.27. The van der Waals surface area contributed by atoms with Crippen LogP contribution < -0.4 is 11.2 Å². The Morgan fingerprint density at radius 3 is 2.68 bits per heavy atom. The third kappa shape index (κ3) is 2.98. The highest BCUT2D eigenvalue weighted by atomic mass is 35.5. The molecule has 0 saturated heterocycles. The van der Waals surface area contributed by atoms with Crippen molar-refractivity contribution in [2.75, 3.05) is 0 Å². The van der Waals surface area contributed by atoms with Crippen molar-refractivity contribution in [2.24, 2.45) is 0 Å². The standard InChI is InChI=1S/C13H15ClN2O2S/c1-3-4-10-11(14)15-13(18)16(12(10)17)7-9-6-5-8(2)19-9/h5-6H,3-4,7H2,1-2H3,(H,15,18). The van der Waals surface area contributed by atoms with Crippen LogP contribution in [0, 0.1) is 6.92 Å². The molecule has 0 aromatic carbocycles. The lowest BCUT2D eigenvalue weighted by Gasteiger charge is -2.07. The molecule has 0 amide bonds. The van der Waals surface area contributed by atoms with Crippen LogP contribution in [0.15, 0.2) is 21.7 Å². The van der Waals surface area contributed by atoms with Crippen molar-refractivity contribution in [3.05, 3.63) is 53.4 Å². The molecule has 2 rings (SSSR count). The number of nitrogens with one attached hydrogen (secondary N) is 1. The molecule has 102 valence electrons. The average molecular weight is 299 g/mol. The Hall–Kier alpha value is -1.33. The zero-order chi connectivity index (χ0) is 14.0. The van der Waals surface area contributed by atoms with Crippen molar-refractivity contribution in [1.29, 1.82) is 0 Å². The summed E-state index contributed by atoms with van der Waals surface area (Å²) in [5.41, 5.74) is -0.264. The predicted octanol–water partition coefficient (Wildman–Crippen LogP) is 2.56. The summed E-state index contributed by atoms with van der Waals surface area (Å²) in [6.07, 6.45) is 1.37. The van der Waals surface area contributed by atoms with E-state index >= 15 is 0 Å². The number of aromatic amines is 1. The summed E-state index contributed by atoms with van der Waals surface area (Å²) >= 11 is 7.50. The maximum atomic E-state index is 12.3. The molecule has 0 fully saturated rings. The first-order valence-corrected chi connectivity index (χ1v) is 7.29. The Labute approximate surface area is 119 Å². The van der Waals surface area contributed by atoms with E-state index in [9.17, 15) is 9.59 Å². The molecule has 0 atom stereocenters. The van der Waals surface area contributed by atoms with Gasteiger partial charge >= 0.3 is 5.69 Å². The Morgan fingerprint density at radius 2 is 2.11 bits per heavy atom. The number of halogens is 1. The van der Waals surface area contributed by atoms with Crippen LogP contribution in [0.25, 0.3) is 0 Å². The highest BCUT2D eigenvalue weighted by Gasteiger charge is 2.12. The van der Waals surface area contributed by atoms with Gasteiger partial charge in [-0.2, -0.15) is 0 Å². The zero-order valence-corrected chi connectivity index (χ0v) is 12.4. The number of thiophene rings is 1. The van der Waals surface area contributed by atoms with Crippen molar-refractivity contribution in [2.45, 2.75) is 33.2 Å². The van der Waals surface area contributed by atoms with Crippen molar-refractivity contribution >= 4 is 22.9 Å². The second-order valence-corrected chi connectivity index (χ2v) is 6.13. The summed E-state index contributed by atoms with van der Waals surface area (Å²) < 4.78 is 1.21. The van der Waals surface area contributed by atoms with Gasteiger partial charge in [0.15, 0.2) is 0 Å². The largest absolute Gasteiger partial charge is 0.329 e. The molecule has 19 heavy (non-hydrogen) atoms. The van der Waals surface area contributed by atoms with Gasteiger partial charge < -0.3 is 0 Å². The van der Waals surface area contributed by atoms with Gasteiger partial charge in [-0.15, -0.1) is 11.3 Å². The minimum absolute atomic E-state index is 0.162. The van der Waals surface area contributed by atoms with Gasteiger partial charge in [0, 0.05) is 9.75 Å². The molecular weight excluding hydrogens is 284 g/mol. The average Bonchev–Trinajstić information content (AvgIpc) is 2.76. The fourth-order valence-electron chi connectivity index (χ4n) is 1.92. The lowest BCUT2D eigenvalue weighted by atomic mass is 10.2. The van der Waals surface area contributed by atoms with Gasteiger partial charge in [0.05, 0.1) is 12.1 Å². The van der Waals surface area contributed by atoms with Crippen LogP contribution in [-0.2, 0) is 13.0 Å². The maximum absolute atomic E-state index is 12.3. The summed E-state index contributed by atoms with van der Waals surface area (Å²) in [6.45, 7) is 4.25. The topological polar surface area (TPSA) is 54.9 Å². The fraction of sp³-hybridized carbons (Fsp3) is 0.385. The lowest BCUT2D eigenvalue weighted by Crippen LogP contribution is -2.37. The number of H-pyrrole nitrogens is 1. The van der Waals surface area contributed by atoms with E-state index in [0.717, 1.165) is 16.2 Å². The summed E-state index contributed by atoms with van der Waals surface area (Å²) in [5, 5.41) is 0.162. The third-order valence-electron chi connectivity index (χ3n) is 2.84. The minimum atomic E-state index is -0.457. The van der Waals surface area contributed by atoms with Gasteiger partial charge in [0.2, 0.25) is 0 Å². The number of nitrogens with zero attached hydrogens (tertiary/aromatic N) is 1. The van der Waals surface area contributed by atoms with Crippen LogP contribution in [0.4, 0.5) is 0 Å². The Balaban J connectivity index is 2.48. The maximum Gasteiger partial charge on any atom is 0.329 e. The second-order valence-electron chi connectivity index (χ2n) is 4.38. The van der Waals surface area contributed by atoms with E-state index in [4.69, 9.17) is 11.6 Å². The Bertz CT molecular complexity index is 699. The van der Waals surface area contributed by atoms with Crippen LogP contribution in [0.1, 0.15) is 28.7 Å². The summed E-state index contributed by atoms with van der Waals surface area (Å²) in [4.78, 5) is 28.8. The zero-order valence-electron chi connectivity index (χ0n) is 10.8. The summed E-state index contributed by atoms with van der Waals surface area (Å²) in [7, 11) is 0. The van der Waals surface area contributed by atoms with E-state index < -0.39 is 5.69 Å².